The SMILES string of the molecule is CC=CCOc1c(I)cc(CCO)nc1Cl. The molecule has 1 aromatic rings. The summed E-state index contributed by atoms with van der Waals surface area (Å²) in [5.74, 6) is 0.599. The first-order valence-corrected chi connectivity index (χ1v) is 6.34. The van der Waals surface area contributed by atoms with E-state index in [0.717, 1.165) is 9.26 Å². The number of rotatable bonds is 5. The van der Waals surface area contributed by atoms with Gasteiger partial charge in [0.15, 0.2) is 10.9 Å². The first-order valence-electron chi connectivity index (χ1n) is 4.88. The van der Waals surface area contributed by atoms with Gasteiger partial charge in [-0.15, -0.1) is 0 Å². The highest BCUT2D eigenvalue weighted by Crippen LogP contribution is 2.29. The minimum Gasteiger partial charge on any atom is -0.485 e. The van der Waals surface area contributed by atoms with E-state index in [0.29, 0.717) is 23.9 Å². The Kier molecular flexibility index (Phi) is 6.08. The normalized spacial score (nSPS) is 11.0. The lowest BCUT2D eigenvalue weighted by molar-refractivity contribution is 0.298. The van der Waals surface area contributed by atoms with E-state index in [9.17, 15) is 0 Å². The number of hydrogen-bond donors (Lipinski definition) is 1. The molecular weight excluding hydrogens is 340 g/mol. The number of aliphatic hydroxyl groups excluding tert-OH is 1. The van der Waals surface area contributed by atoms with E-state index in [1.807, 2.05) is 25.1 Å². The maximum absolute atomic E-state index is 8.82. The molecule has 5 heteroatoms. The third-order valence-corrected chi connectivity index (χ3v) is 2.92. The predicted molar refractivity (Wildman–Crippen MR) is 73.1 cm³/mol. The standard InChI is InChI=1S/C11H13ClINO2/c1-2-3-6-16-10-9(13)7-8(4-5-15)14-11(10)12/h2-3,7,15H,4-6H2,1H3. The van der Waals surface area contributed by atoms with Crippen molar-refractivity contribution in [3.63, 3.8) is 0 Å². The van der Waals surface area contributed by atoms with Crippen molar-refractivity contribution in [3.05, 3.63) is 32.6 Å². The number of ether oxygens (including phenoxy) is 1. The zero-order valence-electron chi connectivity index (χ0n) is 8.91. The van der Waals surface area contributed by atoms with Gasteiger partial charge < -0.3 is 9.84 Å². The molecule has 0 bridgehead atoms. The molecule has 0 radical (unpaired) electrons. The van der Waals surface area contributed by atoms with E-state index >= 15 is 0 Å². The molecule has 0 aliphatic rings. The molecule has 0 atom stereocenters. The van der Waals surface area contributed by atoms with Gasteiger partial charge >= 0.3 is 0 Å². The molecule has 0 aliphatic carbocycles. The van der Waals surface area contributed by atoms with E-state index in [1.54, 1.807) is 0 Å². The van der Waals surface area contributed by atoms with Crippen LogP contribution in [0.4, 0.5) is 0 Å². The van der Waals surface area contributed by atoms with Crippen molar-refractivity contribution in [3.8, 4) is 5.75 Å². The number of aliphatic hydroxyl groups is 1. The van der Waals surface area contributed by atoms with Crippen molar-refractivity contribution in [2.45, 2.75) is 13.3 Å². The van der Waals surface area contributed by atoms with Gasteiger partial charge in [0.25, 0.3) is 0 Å². The van der Waals surface area contributed by atoms with E-state index in [4.69, 9.17) is 21.4 Å². The Morgan fingerprint density at radius 2 is 2.38 bits per heavy atom. The number of hydrogen-bond acceptors (Lipinski definition) is 3. The zero-order valence-corrected chi connectivity index (χ0v) is 11.8. The summed E-state index contributed by atoms with van der Waals surface area (Å²) < 4.78 is 6.40. The van der Waals surface area contributed by atoms with E-state index in [-0.39, 0.29) is 6.61 Å². The van der Waals surface area contributed by atoms with Crippen molar-refractivity contribution in [1.82, 2.24) is 4.98 Å². The van der Waals surface area contributed by atoms with Gasteiger partial charge in [-0.3, -0.25) is 0 Å². The van der Waals surface area contributed by atoms with Gasteiger partial charge in [-0.05, 0) is 35.6 Å². The van der Waals surface area contributed by atoms with Crippen LogP contribution in [0.5, 0.6) is 5.75 Å². The Bertz CT molecular complexity index is 359. The number of halogens is 2. The minimum atomic E-state index is 0.0676. The van der Waals surface area contributed by atoms with Crippen LogP contribution in [-0.4, -0.2) is 23.3 Å². The fourth-order valence-corrected chi connectivity index (χ4v) is 2.31. The molecule has 88 valence electrons. The third kappa shape index (κ3) is 3.92. The Hall–Kier alpha value is -0.330. The highest BCUT2D eigenvalue weighted by atomic mass is 127. The molecule has 1 rings (SSSR count). The predicted octanol–water partition coefficient (Wildman–Crippen LogP) is 2.83. The molecular formula is C11H13ClINO2. The summed E-state index contributed by atoms with van der Waals surface area (Å²) in [5.41, 5.74) is 0.773. The Morgan fingerprint density at radius 3 is 2.94 bits per heavy atom. The van der Waals surface area contributed by atoms with Crippen LogP contribution in [0.2, 0.25) is 5.15 Å². The second-order valence-corrected chi connectivity index (χ2v) is 4.59. The molecule has 16 heavy (non-hydrogen) atoms. The maximum atomic E-state index is 8.82. The van der Waals surface area contributed by atoms with Gasteiger partial charge in [0.05, 0.1) is 3.57 Å². The van der Waals surface area contributed by atoms with Crippen LogP contribution < -0.4 is 4.74 Å². The zero-order chi connectivity index (χ0) is 12.0. The van der Waals surface area contributed by atoms with Crippen LogP contribution in [0.3, 0.4) is 0 Å². The van der Waals surface area contributed by atoms with Crippen LogP contribution in [0, 0.1) is 3.57 Å². The minimum absolute atomic E-state index is 0.0676. The number of nitrogens with zero attached hydrogens (tertiary/aromatic N) is 1. The molecule has 1 aromatic heterocycles. The second-order valence-electron chi connectivity index (χ2n) is 3.07. The summed E-state index contributed by atoms with van der Waals surface area (Å²) in [6.07, 6.45) is 4.31. The molecule has 0 amide bonds. The molecule has 1 heterocycles. The largest absolute Gasteiger partial charge is 0.485 e. The van der Waals surface area contributed by atoms with Crippen LogP contribution in [0.1, 0.15) is 12.6 Å². The first kappa shape index (κ1) is 13.7. The summed E-state index contributed by atoms with van der Waals surface area (Å²) in [5, 5.41) is 9.17. The van der Waals surface area contributed by atoms with Gasteiger partial charge in [-0.2, -0.15) is 0 Å². The van der Waals surface area contributed by atoms with Crippen molar-refractivity contribution >= 4 is 34.2 Å². The number of allylic oxidation sites excluding steroid dienone is 1. The smallest absolute Gasteiger partial charge is 0.172 e. The number of aromatic nitrogens is 1. The topological polar surface area (TPSA) is 42.4 Å². The Morgan fingerprint density at radius 1 is 1.62 bits per heavy atom. The van der Waals surface area contributed by atoms with Gasteiger partial charge in [0.2, 0.25) is 0 Å². The fraction of sp³-hybridized carbons (Fsp3) is 0.364. The van der Waals surface area contributed by atoms with Gasteiger partial charge in [-0.1, -0.05) is 23.8 Å². The van der Waals surface area contributed by atoms with Crippen LogP contribution >= 0.6 is 34.2 Å². The molecule has 0 fully saturated rings. The lowest BCUT2D eigenvalue weighted by Gasteiger charge is -2.09. The van der Waals surface area contributed by atoms with Crippen LogP contribution in [0.15, 0.2) is 18.2 Å². The van der Waals surface area contributed by atoms with Gasteiger partial charge in [0, 0.05) is 18.7 Å². The fourth-order valence-electron chi connectivity index (χ4n) is 1.12. The molecule has 0 saturated heterocycles. The van der Waals surface area contributed by atoms with Gasteiger partial charge in [0.1, 0.15) is 6.61 Å². The average Bonchev–Trinajstić information content (AvgIpc) is 2.23. The maximum Gasteiger partial charge on any atom is 0.172 e. The molecule has 0 aromatic carbocycles. The van der Waals surface area contributed by atoms with Crippen molar-refractivity contribution in [1.29, 1.82) is 0 Å². The van der Waals surface area contributed by atoms with Crippen molar-refractivity contribution in [2.75, 3.05) is 13.2 Å². The highest BCUT2D eigenvalue weighted by Gasteiger charge is 2.10. The summed E-state index contributed by atoms with van der Waals surface area (Å²) in [7, 11) is 0. The lowest BCUT2D eigenvalue weighted by Crippen LogP contribution is -2.01. The van der Waals surface area contributed by atoms with E-state index < -0.39 is 0 Å². The van der Waals surface area contributed by atoms with E-state index in [2.05, 4.69) is 27.6 Å². The Balaban J connectivity index is 2.84. The van der Waals surface area contributed by atoms with Crippen molar-refractivity contribution in [2.24, 2.45) is 0 Å². The monoisotopic (exact) mass is 353 g/mol. The van der Waals surface area contributed by atoms with Crippen LogP contribution in [-0.2, 0) is 6.42 Å². The third-order valence-electron chi connectivity index (χ3n) is 1.87. The van der Waals surface area contributed by atoms with Crippen LogP contribution in [0.25, 0.3) is 0 Å². The molecule has 1 N–H and O–H groups in total. The van der Waals surface area contributed by atoms with E-state index in [1.165, 1.54) is 0 Å². The molecule has 0 aliphatic heterocycles. The highest BCUT2D eigenvalue weighted by molar-refractivity contribution is 14.1. The average molecular weight is 354 g/mol. The number of pyridine rings is 1. The Labute approximate surface area is 114 Å². The summed E-state index contributed by atoms with van der Waals surface area (Å²) in [6.45, 7) is 2.48. The quantitative estimate of drug-likeness (QED) is 0.503. The summed E-state index contributed by atoms with van der Waals surface area (Å²) in [6, 6.07) is 1.87. The van der Waals surface area contributed by atoms with Crippen molar-refractivity contribution < 1.29 is 9.84 Å². The second kappa shape index (κ2) is 7.09. The summed E-state index contributed by atoms with van der Waals surface area (Å²) >= 11 is 8.15. The van der Waals surface area contributed by atoms with Gasteiger partial charge in [-0.25, -0.2) is 4.98 Å². The molecule has 0 saturated carbocycles. The molecule has 0 spiro atoms. The molecule has 0 unspecified atom stereocenters. The molecule has 3 nitrogen and oxygen atoms in total. The lowest BCUT2D eigenvalue weighted by atomic mass is 10.3. The first-order chi connectivity index (χ1) is 7.69. The summed E-state index contributed by atoms with van der Waals surface area (Å²) in [4.78, 5) is 4.15.